The number of rotatable bonds is 8. The highest BCUT2D eigenvalue weighted by molar-refractivity contribution is 5.91. The van der Waals surface area contributed by atoms with E-state index in [0.717, 1.165) is 49.4 Å². The third-order valence-corrected chi connectivity index (χ3v) is 3.26. The van der Waals surface area contributed by atoms with Crippen molar-refractivity contribution in [3.63, 3.8) is 0 Å². The van der Waals surface area contributed by atoms with Crippen LogP contribution in [-0.2, 0) is 4.79 Å². The van der Waals surface area contributed by atoms with Crippen LogP contribution in [0.3, 0.4) is 0 Å². The number of carbonyl (C=O) groups excluding carboxylic acids is 1. The highest BCUT2D eigenvalue weighted by Gasteiger charge is 2.08. The van der Waals surface area contributed by atoms with Crippen molar-refractivity contribution >= 4 is 17.3 Å². The number of hydrogen-bond donors (Lipinski definition) is 2. The number of nitrogen functional groups attached to an aromatic ring is 1. The Morgan fingerprint density at radius 3 is 2.40 bits per heavy atom. The Morgan fingerprint density at radius 2 is 1.85 bits per heavy atom. The van der Waals surface area contributed by atoms with Gasteiger partial charge < -0.3 is 16.0 Å². The van der Waals surface area contributed by atoms with E-state index < -0.39 is 0 Å². The number of nitrogens with two attached hydrogens (primary N) is 1. The molecular formula is C16H27N3O. The lowest BCUT2D eigenvalue weighted by Gasteiger charge is -2.20. The number of carbonyl (C=O) groups is 1. The molecule has 4 nitrogen and oxygen atoms in total. The summed E-state index contributed by atoms with van der Waals surface area (Å²) in [7, 11) is 0. The highest BCUT2D eigenvalue weighted by atomic mass is 16.1. The fourth-order valence-corrected chi connectivity index (χ4v) is 2.27. The van der Waals surface area contributed by atoms with Crippen molar-refractivity contribution in [2.24, 2.45) is 0 Å². The van der Waals surface area contributed by atoms with Gasteiger partial charge in [-0.3, -0.25) is 4.79 Å². The van der Waals surface area contributed by atoms with Crippen molar-refractivity contribution in [3.05, 3.63) is 23.8 Å². The lowest BCUT2D eigenvalue weighted by atomic mass is 10.1. The van der Waals surface area contributed by atoms with Crippen LogP contribution < -0.4 is 11.1 Å². The van der Waals surface area contributed by atoms with Gasteiger partial charge >= 0.3 is 0 Å². The molecule has 0 bridgehead atoms. The molecule has 1 aromatic carbocycles. The molecule has 0 saturated heterocycles. The zero-order chi connectivity index (χ0) is 15.0. The molecule has 0 aromatic heterocycles. The van der Waals surface area contributed by atoms with Crippen LogP contribution in [-0.4, -0.2) is 30.4 Å². The predicted molar refractivity (Wildman–Crippen MR) is 85.9 cm³/mol. The number of nitrogens with one attached hydrogen (secondary N) is 1. The summed E-state index contributed by atoms with van der Waals surface area (Å²) in [4.78, 5) is 14.3. The molecule has 20 heavy (non-hydrogen) atoms. The van der Waals surface area contributed by atoms with Crippen molar-refractivity contribution in [1.29, 1.82) is 0 Å². The normalized spacial score (nSPS) is 10.8. The Bertz CT molecular complexity index is 426. The van der Waals surface area contributed by atoms with Crippen molar-refractivity contribution in [3.8, 4) is 0 Å². The second-order valence-electron chi connectivity index (χ2n) is 5.21. The zero-order valence-electron chi connectivity index (χ0n) is 12.9. The molecule has 0 fully saturated rings. The number of nitrogens with zero attached hydrogens (tertiary/aromatic N) is 1. The number of aryl methyl sites for hydroxylation is 1. The smallest absolute Gasteiger partial charge is 0.225 e. The van der Waals surface area contributed by atoms with Gasteiger partial charge in [0.25, 0.3) is 0 Å². The van der Waals surface area contributed by atoms with Crippen LogP contribution in [0.4, 0.5) is 11.4 Å². The van der Waals surface area contributed by atoms with E-state index in [9.17, 15) is 4.79 Å². The van der Waals surface area contributed by atoms with Crippen LogP contribution in [0.25, 0.3) is 0 Å². The molecule has 0 spiro atoms. The van der Waals surface area contributed by atoms with E-state index in [1.807, 2.05) is 25.1 Å². The minimum Gasteiger partial charge on any atom is -0.399 e. The maximum Gasteiger partial charge on any atom is 0.225 e. The van der Waals surface area contributed by atoms with Crippen molar-refractivity contribution < 1.29 is 4.79 Å². The molecule has 0 heterocycles. The van der Waals surface area contributed by atoms with E-state index in [0.29, 0.717) is 6.42 Å². The monoisotopic (exact) mass is 277 g/mol. The lowest BCUT2D eigenvalue weighted by molar-refractivity contribution is -0.116. The average molecular weight is 277 g/mol. The molecule has 0 saturated carbocycles. The first-order valence-electron chi connectivity index (χ1n) is 7.45. The van der Waals surface area contributed by atoms with Gasteiger partial charge in [0.1, 0.15) is 0 Å². The molecule has 0 aliphatic heterocycles. The summed E-state index contributed by atoms with van der Waals surface area (Å²) < 4.78 is 0. The number of anilines is 2. The summed E-state index contributed by atoms with van der Waals surface area (Å²) in [6.45, 7) is 9.22. The number of amides is 1. The summed E-state index contributed by atoms with van der Waals surface area (Å²) in [6.07, 6.45) is 2.78. The summed E-state index contributed by atoms with van der Waals surface area (Å²) in [5.41, 5.74) is 8.27. The third-order valence-electron chi connectivity index (χ3n) is 3.26. The molecule has 0 radical (unpaired) electrons. The number of hydrogen-bond acceptors (Lipinski definition) is 3. The molecule has 3 N–H and O–H groups in total. The fourth-order valence-electron chi connectivity index (χ4n) is 2.27. The van der Waals surface area contributed by atoms with E-state index in [1.165, 1.54) is 0 Å². The SMILES string of the molecule is CCCN(CCC)CCC(=O)Nc1ccc(N)cc1C. The van der Waals surface area contributed by atoms with Crippen molar-refractivity contribution in [2.45, 2.75) is 40.0 Å². The molecule has 4 heteroatoms. The summed E-state index contributed by atoms with van der Waals surface area (Å²) in [5, 5.41) is 2.96. The molecule has 1 rings (SSSR count). The molecule has 1 aromatic rings. The van der Waals surface area contributed by atoms with Gasteiger partial charge in [0.05, 0.1) is 0 Å². The van der Waals surface area contributed by atoms with Crippen LogP contribution in [0, 0.1) is 6.92 Å². The Morgan fingerprint density at radius 1 is 1.20 bits per heavy atom. The quantitative estimate of drug-likeness (QED) is 0.718. The molecule has 1 amide bonds. The van der Waals surface area contributed by atoms with Crippen LogP contribution in [0.1, 0.15) is 38.7 Å². The zero-order valence-corrected chi connectivity index (χ0v) is 12.9. The largest absolute Gasteiger partial charge is 0.399 e. The van der Waals surface area contributed by atoms with Gasteiger partial charge in [0.15, 0.2) is 0 Å². The van der Waals surface area contributed by atoms with Gasteiger partial charge in [-0.25, -0.2) is 0 Å². The van der Waals surface area contributed by atoms with Gasteiger partial charge in [0, 0.05) is 24.3 Å². The Balaban J connectivity index is 2.46. The predicted octanol–water partition coefficient (Wildman–Crippen LogP) is 3.03. The van der Waals surface area contributed by atoms with E-state index in [2.05, 4.69) is 24.1 Å². The molecule has 0 aliphatic carbocycles. The van der Waals surface area contributed by atoms with Crippen LogP contribution in [0.15, 0.2) is 18.2 Å². The van der Waals surface area contributed by atoms with Crippen LogP contribution in [0.2, 0.25) is 0 Å². The van der Waals surface area contributed by atoms with E-state index >= 15 is 0 Å². The second-order valence-corrected chi connectivity index (χ2v) is 5.21. The third kappa shape index (κ3) is 5.61. The van der Waals surface area contributed by atoms with Gasteiger partial charge in [-0.15, -0.1) is 0 Å². The Hall–Kier alpha value is -1.55. The van der Waals surface area contributed by atoms with Gasteiger partial charge in [0.2, 0.25) is 5.91 Å². The first-order valence-corrected chi connectivity index (χ1v) is 7.45. The van der Waals surface area contributed by atoms with Gasteiger partial charge in [-0.05, 0) is 56.6 Å². The van der Waals surface area contributed by atoms with E-state index in [4.69, 9.17) is 5.73 Å². The van der Waals surface area contributed by atoms with E-state index in [1.54, 1.807) is 0 Å². The average Bonchev–Trinajstić information content (AvgIpc) is 2.40. The minimum atomic E-state index is 0.0649. The minimum absolute atomic E-state index is 0.0649. The summed E-state index contributed by atoms with van der Waals surface area (Å²) in [6, 6.07) is 5.54. The topological polar surface area (TPSA) is 58.4 Å². The lowest BCUT2D eigenvalue weighted by Crippen LogP contribution is -2.29. The van der Waals surface area contributed by atoms with Gasteiger partial charge in [-0.2, -0.15) is 0 Å². The second kappa shape index (κ2) is 8.59. The van der Waals surface area contributed by atoms with Crippen molar-refractivity contribution in [2.75, 3.05) is 30.7 Å². The van der Waals surface area contributed by atoms with E-state index in [-0.39, 0.29) is 5.91 Å². The van der Waals surface area contributed by atoms with Crippen molar-refractivity contribution in [1.82, 2.24) is 4.90 Å². The number of benzene rings is 1. The molecule has 112 valence electrons. The molecular weight excluding hydrogens is 250 g/mol. The maximum absolute atomic E-state index is 12.0. The van der Waals surface area contributed by atoms with Gasteiger partial charge in [-0.1, -0.05) is 13.8 Å². The Kier molecular flexibility index (Phi) is 7.09. The highest BCUT2D eigenvalue weighted by Crippen LogP contribution is 2.17. The maximum atomic E-state index is 12.0. The molecule has 0 aliphatic rings. The van der Waals surface area contributed by atoms with Crippen LogP contribution >= 0.6 is 0 Å². The first kappa shape index (κ1) is 16.5. The molecule has 0 unspecified atom stereocenters. The fraction of sp³-hybridized carbons (Fsp3) is 0.562. The first-order chi connectivity index (χ1) is 9.56. The Labute approximate surface area is 122 Å². The van der Waals surface area contributed by atoms with Crippen LogP contribution in [0.5, 0.6) is 0 Å². The standard InChI is InChI=1S/C16H27N3O/c1-4-9-19(10-5-2)11-8-16(20)18-15-7-6-14(17)12-13(15)3/h6-7,12H,4-5,8-11,17H2,1-3H3,(H,18,20). The summed E-state index contributed by atoms with van der Waals surface area (Å²) >= 11 is 0. The molecule has 0 atom stereocenters. The summed E-state index contributed by atoms with van der Waals surface area (Å²) in [5.74, 6) is 0.0649.